The summed E-state index contributed by atoms with van der Waals surface area (Å²) in [5.74, 6) is -0.00199. The predicted octanol–water partition coefficient (Wildman–Crippen LogP) is 1.94. The van der Waals surface area contributed by atoms with Crippen LogP contribution in [0.15, 0.2) is 43.0 Å². The summed E-state index contributed by atoms with van der Waals surface area (Å²) in [6, 6.07) is 7.11. The molecule has 0 saturated carbocycles. The Labute approximate surface area is 117 Å². The quantitative estimate of drug-likeness (QED) is 0.928. The number of carbonyl (C=O) groups excluding carboxylic acids is 2. The molecule has 6 nitrogen and oxygen atoms in total. The van der Waals surface area contributed by atoms with Gasteiger partial charge in [-0.25, -0.2) is 9.78 Å². The first kappa shape index (κ1) is 13.8. The molecule has 1 N–H and O–H groups in total. The van der Waals surface area contributed by atoms with Crippen LogP contribution in [0, 0.1) is 0 Å². The van der Waals surface area contributed by atoms with Crippen LogP contribution < -0.4 is 5.32 Å². The van der Waals surface area contributed by atoms with Crippen molar-refractivity contribution in [1.29, 1.82) is 0 Å². The van der Waals surface area contributed by atoms with E-state index in [9.17, 15) is 9.59 Å². The van der Waals surface area contributed by atoms with Crippen LogP contribution >= 0.6 is 0 Å². The van der Waals surface area contributed by atoms with Gasteiger partial charge in [0.25, 0.3) is 0 Å². The van der Waals surface area contributed by atoms with Crippen molar-refractivity contribution in [2.45, 2.75) is 13.5 Å². The maximum Gasteiger partial charge on any atom is 0.331 e. The number of hydrogen-bond donors (Lipinski definition) is 1. The summed E-state index contributed by atoms with van der Waals surface area (Å²) in [6.07, 6.45) is 4.54. The SMILES string of the molecule is CC(=O)N(C)Cc1cccc(NC(=O)n2ccnc2)c1. The summed E-state index contributed by atoms with van der Waals surface area (Å²) in [5.41, 5.74) is 1.63. The average molecular weight is 272 g/mol. The third-order valence-electron chi connectivity index (χ3n) is 2.87. The van der Waals surface area contributed by atoms with Gasteiger partial charge in [0.2, 0.25) is 5.91 Å². The van der Waals surface area contributed by atoms with Crippen LogP contribution in [0.4, 0.5) is 10.5 Å². The summed E-state index contributed by atoms with van der Waals surface area (Å²) >= 11 is 0. The number of aromatic nitrogens is 2. The zero-order chi connectivity index (χ0) is 14.5. The maximum absolute atomic E-state index is 11.9. The van der Waals surface area contributed by atoms with Crippen LogP contribution in [0.25, 0.3) is 0 Å². The number of amides is 2. The molecule has 0 aliphatic heterocycles. The minimum Gasteiger partial charge on any atom is -0.342 e. The second kappa shape index (κ2) is 6.01. The molecule has 1 aromatic carbocycles. The Balaban J connectivity index is 2.06. The van der Waals surface area contributed by atoms with Gasteiger partial charge in [0.05, 0.1) is 0 Å². The standard InChI is InChI=1S/C14H16N4O2/c1-11(19)17(2)9-12-4-3-5-13(8-12)16-14(20)18-7-6-15-10-18/h3-8,10H,9H2,1-2H3,(H,16,20). The first-order valence-corrected chi connectivity index (χ1v) is 6.16. The summed E-state index contributed by atoms with van der Waals surface area (Å²) in [7, 11) is 1.74. The van der Waals surface area contributed by atoms with Gasteiger partial charge in [0.1, 0.15) is 6.33 Å². The smallest absolute Gasteiger partial charge is 0.331 e. The lowest BCUT2D eigenvalue weighted by molar-refractivity contribution is -0.128. The van der Waals surface area contributed by atoms with E-state index < -0.39 is 0 Å². The van der Waals surface area contributed by atoms with Crippen LogP contribution in [-0.4, -0.2) is 33.4 Å². The minimum absolute atomic E-state index is 0.00199. The van der Waals surface area contributed by atoms with Crippen molar-refractivity contribution in [2.24, 2.45) is 0 Å². The second-order valence-electron chi connectivity index (χ2n) is 4.48. The number of hydrogen-bond acceptors (Lipinski definition) is 3. The normalized spacial score (nSPS) is 10.1. The predicted molar refractivity (Wildman–Crippen MR) is 75.2 cm³/mol. The number of benzene rings is 1. The number of rotatable bonds is 3. The van der Waals surface area contributed by atoms with Gasteiger partial charge in [-0.3, -0.25) is 9.36 Å². The van der Waals surface area contributed by atoms with Gasteiger partial charge in [-0.15, -0.1) is 0 Å². The van der Waals surface area contributed by atoms with Gasteiger partial charge in [-0.2, -0.15) is 0 Å². The van der Waals surface area contributed by atoms with E-state index in [0.717, 1.165) is 5.56 Å². The van der Waals surface area contributed by atoms with Crippen molar-refractivity contribution >= 4 is 17.6 Å². The second-order valence-corrected chi connectivity index (χ2v) is 4.48. The van der Waals surface area contributed by atoms with Crippen molar-refractivity contribution in [3.63, 3.8) is 0 Å². The molecule has 0 saturated heterocycles. The van der Waals surface area contributed by atoms with E-state index in [2.05, 4.69) is 10.3 Å². The Morgan fingerprint density at radius 3 is 2.85 bits per heavy atom. The summed E-state index contributed by atoms with van der Waals surface area (Å²) < 4.78 is 1.36. The molecule has 0 unspecified atom stereocenters. The van der Waals surface area contributed by atoms with E-state index in [4.69, 9.17) is 0 Å². The highest BCUT2D eigenvalue weighted by atomic mass is 16.2. The topological polar surface area (TPSA) is 67.2 Å². The van der Waals surface area contributed by atoms with Crippen LogP contribution in [0.1, 0.15) is 12.5 Å². The summed E-state index contributed by atoms with van der Waals surface area (Å²) in [6.45, 7) is 2.02. The molecular weight excluding hydrogens is 256 g/mol. The zero-order valence-corrected chi connectivity index (χ0v) is 11.4. The van der Waals surface area contributed by atoms with E-state index in [1.807, 2.05) is 18.2 Å². The van der Waals surface area contributed by atoms with E-state index in [1.54, 1.807) is 24.2 Å². The molecule has 0 aliphatic rings. The van der Waals surface area contributed by atoms with Crippen molar-refractivity contribution in [3.8, 4) is 0 Å². The average Bonchev–Trinajstić information content (AvgIpc) is 2.92. The van der Waals surface area contributed by atoms with Crippen molar-refractivity contribution in [1.82, 2.24) is 14.5 Å². The molecule has 0 radical (unpaired) electrons. The lowest BCUT2D eigenvalue weighted by atomic mass is 10.2. The molecule has 2 amide bonds. The molecule has 104 valence electrons. The van der Waals surface area contributed by atoms with Gasteiger partial charge in [-0.1, -0.05) is 12.1 Å². The molecule has 0 aliphatic carbocycles. The molecule has 0 atom stereocenters. The maximum atomic E-state index is 11.9. The minimum atomic E-state index is -0.278. The van der Waals surface area contributed by atoms with E-state index in [-0.39, 0.29) is 11.9 Å². The third-order valence-corrected chi connectivity index (χ3v) is 2.87. The Morgan fingerprint density at radius 2 is 2.20 bits per heavy atom. The van der Waals surface area contributed by atoms with Crippen molar-refractivity contribution < 1.29 is 9.59 Å². The molecular formula is C14H16N4O2. The number of carbonyl (C=O) groups is 2. The number of nitrogens with one attached hydrogen (secondary N) is 1. The Kier molecular flexibility index (Phi) is 4.14. The van der Waals surface area contributed by atoms with Gasteiger partial charge in [-0.05, 0) is 17.7 Å². The molecule has 1 aromatic heterocycles. The van der Waals surface area contributed by atoms with Crippen molar-refractivity contribution in [3.05, 3.63) is 48.5 Å². The molecule has 6 heteroatoms. The largest absolute Gasteiger partial charge is 0.342 e. The van der Waals surface area contributed by atoms with E-state index >= 15 is 0 Å². The highest BCUT2D eigenvalue weighted by Gasteiger charge is 2.06. The van der Waals surface area contributed by atoms with Crippen LogP contribution in [-0.2, 0) is 11.3 Å². The lowest BCUT2D eigenvalue weighted by Gasteiger charge is -2.15. The summed E-state index contributed by atoms with van der Waals surface area (Å²) in [4.78, 5) is 28.5. The first-order valence-electron chi connectivity index (χ1n) is 6.16. The van der Waals surface area contributed by atoms with Gasteiger partial charge < -0.3 is 10.2 Å². The molecule has 2 aromatic rings. The number of nitrogens with zero attached hydrogens (tertiary/aromatic N) is 3. The molecule has 0 fully saturated rings. The van der Waals surface area contributed by atoms with Crippen molar-refractivity contribution in [2.75, 3.05) is 12.4 Å². The molecule has 1 heterocycles. The highest BCUT2D eigenvalue weighted by molar-refractivity contribution is 5.90. The monoisotopic (exact) mass is 272 g/mol. The fourth-order valence-corrected chi connectivity index (χ4v) is 1.70. The molecule has 20 heavy (non-hydrogen) atoms. The number of imidazole rings is 1. The Hall–Kier alpha value is -2.63. The van der Waals surface area contributed by atoms with Gasteiger partial charge >= 0.3 is 6.03 Å². The Morgan fingerprint density at radius 1 is 1.40 bits per heavy atom. The third kappa shape index (κ3) is 3.44. The zero-order valence-electron chi connectivity index (χ0n) is 11.4. The van der Waals surface area contributed by atoms with Crippen LogP contribution in [0.3, 0.4) is 0 Å². The van der Waals surface area contributed by atoms with Gasteiger partial charge in [0, 0.05) is 38.6 Å². The lowest BCUT2D eigenvalue weighted by Crippen LogP contribution is -2.23. The highest BCUT2D eigenvalue weighted by Crippen LogP contribution is 2.12. The fraction of sp³-hybridized carbons (Fsp3) is 0.214. The van der Waals surface area contributed by atoms with E-state index in [1.165, 1.54) is 24.0 Å². The fourth-order valence-electron chi connectivity index (χ4n) is 1.70. The molecule has 0 spiro atoms. The van der Waals surface area contributed by atoms with E-state index in [0.29, 0.717) is 12.2 Å². The van der Waals surface area contributed by atoms with Gasteiger partial charge in [0.15, 0.2) is 0 Å². The molecule has 0 bridgehead atoms. The summed E-state index contributed by atoms with van der Waals surface area (Å²) in [5, 5.41) is 2.77. The first-order chi connectivity index (χ1) is 9.56. The number of anilines is 1. The van der Waals surface area contributed by atoms with Crippen LogP contribution in [0.2, 0.25) is 0 Å². The Bertz CT molecular complexity index is 607. The molecule has 2 rings (SSSR count). The van der Waals surface area contributed by atoms with Crippen LogP contribution in [0.5, 0.6) is 0 Å².